The number of anilines is 1. The van der Waals surface area contributed by atoms with Crippen molar-refractivity contribution in [2.24, 2.45) is 0 Å². The largest absolute Gasteiger partial charge is 0.493 e. The minimum atomic E-state index is -3.68. The van der Waals surface area contributed by atoms with E-state index in [1.165, 1.54) is 0 Å². The molecular weight excluding hydrogens is 346 g/mol. The van der Waals surface area contributed by atoms with Crippen LogP contribution in [-0.2, 0) is 16.4 Å². The molecule has 0 bridgehead atoms. The highest BCUT2D eigenvalue weighted by atomic mass is 32.2. The first kappa shape index (κ1) is 16.9. The predicted octanol–water partition coefficient (Wildman–Crippen LogP) is 4.38. The Morgan fingerprint density at radius 2 is 1.69 bits per heavy atom. The van der Waals surface area contributed by atoms with Crippen LogP contribution in [0.4, 0.5) is 5.69 Å². The molecule has 26 heavy (non-hydrogen) atoms. The van der Waals surface area contributed by atoms with E-state index in [1.807, 2.05) is 62.4 Å². The second kappa shape index (κ2) is 6.32. The van der Waals surface area contributed by atoms with Crippen LogP contribution in [0.15, 0.2) is 65.6 Å². The van der Waals surface area contributed by atoms with Gasteiger partial charge in [0, 0.05) is 16.8 Å². The number of sulfonamides is 1. The molecule has 1 aliphatic heterocycles. The quantitative estimate of drug-likeness (QED) is 0.687. The molecule has 134 valence electrons. The molecule has 0 spiro atoms. The van der Waals surface area contributed by atoms with E-state index >= 15 is 0 Å². The fraction of sp³-hybridized carbons (Fsp3) is 0.238. The Kier molecular flexibility index (Phi) is 4.11. The molecule has 3 aromatic rings. The molecule has 1 atom stereocenters. The molecule has 4 rings (SSSR count). The highest BCUT2D eigenvalue weighted by Gasteiger charge is 2.36. The number of benzene rings is 3. The van der Waals surface area contributed by atoms with E-state index in [-0.39, 0.29) is 6.04 Å². The van der Waals surface area contributed by atoms with E-state index in [0.717, 1.165) is 23.1 Å². The second-order valence-electron chi connectivity index (χ2n) is 6.52. The lowest BCUT2D eigenvalue weighted by molar-refractivity contribution is 0.344. The zero-order valence-electron chi connectivity index (χ0n) is 14.8. The average molecular weight is 367 g/mol. The molecule has 0 aliphatic carbocycles. The summed E-state index contributed by atoms with van der Waals surface area (Å²) in [6, 6.07) is 18.5. The van der Waals surface area contributed by atoms with Crippen LogP contribution in [-0.4, -0.2) is 21.1 Å². The molecular formula is C21H21NO3S. The summed E-state index contributed by atoms with van der Waals surface area (Å²) in [5, 5.41) is 1.51. The van der Waals surface area contributed by atoms with Crippen molar-refractivity contribution < 1.29 is 13.2 Å². The maximum absolute atomic E-state index is 13.6. The van der Waals surface area contributed by atoms with Crippen LogP contribution in [0.2, 0.25) is 0 Å². The molecule has 1 unspecified atom stereocenters. The summed E-state index contributed by atoms with van der Waals surface area (Å²) >= 11 is 0. The van der Waals surface area contributed by atoms with Gasteiger partial charge in [0.15, 0.2) is 0 Å². The van der Waals surface area contributed by atoms with Crippen molar-refractivity contribution in [1.82, 2.24) is 0 Å². The first-order chi connectivity index (χ1) is 12.5. The van der Waals surface area contributed by atoms with Crippen molar-refractivity contribution in [2.45, 2.75) is 31.2 Å². The summed E-state index contributed by atoms with van der Waals surface area (Å²) in [6.07, 6.45) is 0.727. The smallest absolute Gasteiger partial charge is 0.265 e. The Morgan fingerprint density at radius 1 is 1.00 bits per heavy atom. The number of hydrogen-bond acceptors (Lipinski definition) is 3. The Labute approximate surface area is 154 Å². The first-order valence-electron chi connectivity index (χ1n) is 8.81. The summed E-state index contributed by atoms with van der Waals surface area (Å²) in [6.45, 7) is 4.41. The number of rotatable bonds is 4. The third-order valence-corrected chi connectivity index (χ3v) is 6.81. The molecule has 0 aromatic heterocycles. The molecule has 0 radical (unpaired) electrons. The van der Waals surface area contributed by atoms with Gasteiger partial charge < -0.3 is 4.74 Å². The van der Waals surface area contributed by atoms with Crippen LogP contribution in [0.25, 0.3) is 10.8 Å². The third-order valence-electron chi connectivity index (χ3n) is 4.83. The molecule has 0 amide bonds. The van der Waals surface area contributed by atoms with Crippen LogP contribution in [0.5, 0.6) is 5.75 Å². The lowest BCUT2D eigenvalue weighted by Gasteiger charge is -2.25. The van der Waals surface area contributed by atoms with E-state index in [4.69, 9.17) is 4.74 Å². The summed E-state index contributed by atoms with van der Waals surface area (Å²) in [5.74, 6) is 0.705. The molecule has 1 heterocycles. The standard InChI is InChI=1S/C21H21NO3S/c1-3-25-20-12-13-21(18-10-6-5-9-17(18)20)26(23,24)22-15(2)14-16-8-4-7-11-19(16)22/h4-13,15H,3,14H2,1-2H3. The van der Waals surface area contributed by atoms with Crippen LogP contribution in [0.1, 0.15) is 19.4 Å². The molecule has 1 aliphatic rings. The Morgan fingerprint density at radius 3 is 2.46 bits per heavy atom. The summed E-state index contributed by atoms with van der Waals surface area (Å²) in [7, 11) is -3.68. The van der Waals surface area contributed by atoms with Crippen molar-refractivity contribution in [1.29, 1.82) is 0 Å². The zero-order valence-corrected chi connectivity index (χ0v) is 15.7. The van der Waals surface area contributed by atoms with Gasteiger partial charge >= 0.3 is 0 Å². The van der Waals surface area contributed by atoms with Crippen molar-refractivity contribution in [3.05, 3.63) is 66.2 Å². The molecule has 3 aromatic carbocycles. The number of ether oxygens (including phenoxy) is 1. The third kappa shape index (κ3) is 2.54. The van der Waals surface area contributed by atoms with Gasteiger partial charge in [-0.2, -0.15) is 0 Å². The normalized spacial score (nSPS) is 16.7. The maximum atomic E-state index is 13.6. The van der Waals surface area contributed by atoms with Gasteiger partial charge in [0.1, 0.15) is 5.75 Å². The lowest BCUT2D eigenvalue weighted by atomic mass is 10.1. The number of nitrogens with zero attached hydrogens (tertiary/aromatic N) is 1. The van der Waals surface area contributed by atoms with Crippen molar-refractivity contribution in [3.8, 4) is 5.75 Å². The van der Waals surface area contributed by atoms with Crippen LogP contribution >= 0.6 is 0 Å². The van der Waals surface area contributed by atoms with Gasteiger partial charge in [0.05, 0.1) is 17.2 Å². The highest BCUT2D eigenvalue weighted by molar-refractivity contribution is 7.93. The van der Waals surface area contributed by atoms with E-state index in [1.54, 1.807) is 16.4 Å². The molecule has 0 saturated heterocycles. The van der Waals surface area contributed by atoms with Gasteiger partial charge in [-0.1, -0.05) is 42.5 Å². The molecule has 0 saturated carbocycles. The van der Waals surface area contributed by atoms with Crippen LogP contribution < -0.4 is 9.04 Å². The monoisotopic (exact) mass is 367 g/mol. The van der Waals surface area contributed by atoms with Crippen LogP contribution in [0.3, 0.4) is 0 Å². The summed E-state index contributed by atoms with van der Waals surface area (Å²) in [4.78, 5) is 0.320. The maximum Gasteiger partial charge on any atom is 0.265 e. The van der Waals surface area contributed by atoms with Crippen molar-refractivity contribution in [2.75, 3.05) is 10.9 Å². The minimum Gasteiger partial charge on any atom is -0.493 e. The van der Waals surface area contributed by atoms with Gasteiger partial charge in [0.25, 0.3) is 10.0 Å². The molecule has 5 heteroatoms. The fourth-order valence-corrected chi connectivity index (χ4v) is 5.65. The molecule has 0 fully saturated rings. The number of para-hydroxylation sites is 1. The van der Waals surface area contributed by atoms with Gasteiger partial charge in [0.2, 0.25) is 0 Å². The Hall–Kier alpha value is -2.53. The average Bonchev–Trinajstić information content (AvgIpc) is 2.98. The van der Waals surface area contributed by atoms with Gasteiger partial charge in [-0.25, -0.2) is 8.42 Å². The Balaban J connectivity index is 1.92. The van der Waals surface area contributed by atoms with Gasteiger partial charge in [-0.15, -0.1) is 0 Å². The van der Waals surface area contributed by atoms with Crippen molar-refractivity contribution >= 4 is 26.5 Å². The Bertz CT molecular complexity index is 1080. The van der Waals surface area contributed by atoms with E-state index in [9.17, 15) is 8.42 Å². The zero-order chi connectivity index (χ0) is 18.3. The second-order valence-corrected chi connectivity index (χ2v) is 8.31. The van der Waals surface area contributed by atoms with Crippen LogP contribution in [0, 0.1) is 0 Å². The fourth-order valence-electron chi connectivity index (χ4n) is 3.76. The molecule has 0 N–H and O–H groups in total. The molecule has 4 nitrogen and oxygen atoms in total. The van der Waals surface area contributed by atoms with E-state index < -0.39 is 10.0 Å². The lowest BCUT2D eigenvalue weighted by Crippen LogP contribution is -2.35. The number of hydrogen-bond donors (Lipinski definition) is 0. The highest BCUT2D eigenvalue weighted by Crippen LogP contribution is 2.39. The predicted molar refractivity (Wildman–Crippen MR) is 104 cm³/mol. The van der Waals surface area contributed by atoms with Gasteiger partial charge in [-0.3, -0.25) is 4.31 Å². The van der Waals surface area contributed by atoms with E-state index in [2.05, 4.69) is 0 Å². The van der Waals surface area contributed by atoms with E-state index in [0.29, 0.717) is 22.6 Å². The van der Waals surface area contributed by atoms with Crippen molar-refractivity contribution in [3.63, 3.8) is 0 Å². The topological polar surface area (TPSA) is 46.6 Å². The number of fused-ring (bicyclic) bond motifs is 2. The van der Waals surface area contributed by atoms with Gasteiger partial charge in [-0.05, 0) is 44.0 Å². The minimum absolute atomic E-state index is 0.109. The summed E-state index contributed by atoms with van der Waals surface area (Å²) in [5.41, 5.74) is 1.84. The first-order valence-corrected chi connectivity index (χ1v) is 10.2. The SMILES string of the molecule is CCOc1ccc(S(=O)(=O)N2c3ccccc3CC2C)c2ccccc12. The summed E-state index contributed by atoms with van der Waals surface area (Å²) < 4.78 is 34.4.